The van der Waals surface area contributed by atoms with Crippen LogP contribution in [0.3, 0.4) is 0 Å². The molecule has 3 rings (SSSR count). The quantitative estimate of drug-likeness (QED) is 0.751. The molecule has 3 nitrogen and oxygen atoms in total. The van der Waals surface area contributed by atoms with Crippen LogP contribution in [0.15, 0.2) is 52.9 Å². The van der Waals surface area contributed by atoms with E-state index in [0.717, 1.165) is 10.2 Å². The number of hydrogen-bond donors (Lipinski definition) is 1. The Morgan fingerprint density at radius 3 is 2.80 bits per heavy atom. The molecule has 0 saturated heterocycles. The number of aromatic nitrogens is 2. The van der Waals surface area contributed by atoms with Crippen LogP contribution in [0.2, 0.25) is 0 Å². The fraction of sp³-hybridized carbons (Fsp3) is 0.200. The van der Waals surface area contributed by atoms with Crippen molar-refractivity contribution in [1.29, 1.82) is 0 Å². The van der Waals surface area contributed by atoms with E-state index in [-0.39, 0.29) is 11.5 Å². The Labute approximate surface area is 126 Å². The van der Waals surface area contributed by atoms with Crippen molar-refractivity contribution in [2.24, 2.45) is 0 Å². The Balaban J connectivity index is 1.95. The highest BCUT2D eigenvalue weighted by Gasteiger charge is 2.13. The monoisotopic (exact) mass is 302 g/mol. The molecular formula is C15H14N2OS2. The predicted octanol–water partition coefficient (Wildman–Crippen LogP) is 3.17. The van der Waals surface area contributed by atoms with Crippen molar-refractivity contribution in [3.63, 3.8) is 0 Å². The number of thiophene rings is 1. The third kappa shape index (κ3) is 2.51. The second-order valence-corrected chi connectivity index (χ2v) is 5.91. The van der Waals surface area contributed by atoms with E-state index in [9.17, 15) is 4.79 Å². The van der Waals surface area contributed by atoms with Gasteiger partial charge in [-0.15, -0.1) is 11.3 Å². The third-order valence-corrected chi connectivity index (χ3v) is 4.68. The van der Waals surface area contributed by atoms with Crippen LogP contribution in [-0.4, -0.2) is 15.3 Å². The van der Waals surface area contributed by atoms with E-state index in [4.69, 9.17) is 0 Å². The van der Waals surface area contributed by atoms with Crippen LogP contribution < -0.4 is 5.56 Å². The van der Waals surface area contributed by atoms with Gasteiger partial charge in [0.2, 0.25) is 0 Å². The van der Waals surface area contributed by atoms with Gasteiger partial charge in [-0.25, -0.2) is 4.98 Å². The van der Waals surface area contributed by atoms with Gasteiger partial charge in [0.05, 0.1) is 11.8 Å². The molecule has 0 N–H and O–H groups in total. The lowest BCUT2D eigenvalue weighted by Crippen LogP contribution is -2.23. The Morgan fingerprint density at radius 2 is 2.05 bits per heavy atom. The van der Waals surface area contributed by atoms with Crippen LogP contribution in [0.1, 0.15) is 11.5 Å². The summed E-state index contributed by atoms with van der Waals surface area (Å²) in [6, 6.07) is 12.0. The Bertz CT molecular complexity index is 764. The number of hydrogen-bond acceptors (Lipinski definition) is 4. The number of benzene rings is 1. The number of nitrogens with zero attached hydrogens (tertiary/aromatic N) is 2. The van der Waals surface area contributed by atoms with Crippen molar-refractivity contribution in [2.75, 3.05) is 5.75 Å². The van der Waals surface area contributed by atoms with Gasteiger partial charge in [-0.1, -0.05) is 30.3 Å². The van der Waals surface area contributed by atoms with Gasteiger partial charge in [0.25, 0.3) is 5.56 Å². The molecule has 1 unspecified atom stereocenters. The average Bonchev–Trinajstić information content (AvgIpc) is 2.97. The van der Waals surface area contributed by atoms with Crippen LogP contribution in [0.4, 0.5) is 0 Å². The minimum atomic E-state index is 0.0349. The van der Waals surface area contributed by atoms with Crippen LogP contribution >= 0.6 is 24.0 Å². The van der Waals surface area contributed by atoms with Crippen LogP contribution in [0.25, 0.3) is 10.2 Å². The van der Waals surface area contributed by atoms with Crippen molar-refractivity contribution in [2.45, 2.75) is 12.5 Å². The van der Waals surface area contributed by atoms with Crippen molar-refractivity contribution in [1.82, 2.24) is 9.55 Å². The summed E-state index contributed by atoms with van der Waals surface area (Å²) in [6.07, 6.45) is 1.64. The average molecular weight is 302 g/mol. The SMILES string of the molecule is O=c1c2sccc2ncn1CC(CS)c1ccccc1. The fourth-order valence-electron chi connectivity index (χ4n) is 2.24. The number of rotatable bonds is 4. The van der Waals surface area contributed by atoms with Gasteiger partial charge in [-0.2, -0.15) is 12.6 Å². The summed E-state index contributed by atoms with van der Waals surface area (Å²) in [4.78, 5) is 16.7. The number of thiol groups is 1. The largest absolute Gasteiger partial charge is 0.297 e. The summed E-state index contributed by atoms with van der Waals surface area (Å²) < 4.78 is 2.41. The summed E-state index contributed by atoms with van der Waals surface area (Å²) in [6.45, 7) is 0.604. The highest BCUT2D eigenvalue weighted by atomic mass is 32.1. The standard InChI is InChI=1S/C15H14N2OS2/c18-15-14-13(6-7-20-14)16-10-17(15)8-12(9-19)11-4-2-1-3-5-11/h1-7,10,12,19H,8-9H2. The van der Waals surface area contributed by atoms with E-state index in [2.05, 4.69) is 29.7 Å². The van der Waals surface area contributed by atoms with Gasteiger partial charge < -0.3 is 0 Å². The lowest BCUT2D eigenvalue weighted by Gasteiger charge is -2.16. The summed E-state index contributed by atoms with van der Waals surface area (Å²) >= 11 is 5.86. The Morgan fingerprint density at radius 1 is 1.25 bits per heavy atom. The molecule has 0 aliphatic carbocycles. The molecule has 0 aliphatic rings. The maximum Gasteiger partial charge on any atom is 0.271 e. The highest BCUT2D eigenvalue weighted by molar-refractivity contribution is 7.80. The van der Waals surface area contributed by atoms with Crippen LogP contribution in [0, 0.1) is 0 Å². The number of fused-ring (bicyclic) bond motifs is 1. The zero-order valence-corrected chi connectivity index (χ0v) is 12.5. The molecule has 1 atom stereocenters. The van der Waals surface area contributed by atoms with Crippen molar-refractivity contribution in [3.05, 3.63) is 64.0 Å². The second kappa shape index (κ2) is 5.81. The second-order valence-electron chi connectivity index (χ2n) is 4.63. The molecule has 2 aromatic heterocycles. The zero-order valence-electron chi connectivity index (χ0n) is 10.8. The molecule has 0 aliphatic heterocycles. The molecule has 5 heteroatoms. The molecule has 0 amide bonds. The van der Waals surface area contributed by atoms with Gasteiger partial charge in [0.15, 0.2) is 0 Å². The van der Waals surface area contributed by atoms with E-state index < -0.39 is 0 Å². The van der Waals surface area contributed by atoms with E-state index in [1.54, 1.807) is 10.9 Å². The first kappa shape index (κ1) is 13.4. The van der Waals surface area contributed by atoms with Gasteiger partial charge in [0.1, 0.15) is 4.70 Å². The van der Waals surface area contributed by atoms with Gasteiger partial charge in [-0.05, 0) is 22.8 Å². The van der Waals surface area contributed by atoms with Crippen molar-refractivity contribution in [3.8, 4) is 0 Å². The summed E-state index contributed by atoms with van der Waals surface area (Å²) in [5.74, 6) is 0.898. The molecular weight excluding hydrogens is 288 g/mol. The molecule has 0 saturated carbocycles. The maximum absolute atomic E-state index is 12.4. The minimum absolute atomic E-state index is 0.0349. The molecule has 1 aromatic carbocycles. The van der Waals surface area contributed by atoms with Crippen LogP contribution in [-0.2, 0) is 6.54 Å². The maximum atomic E-state index is 12.4. The highest BCUT2D eigenvalue weighted by Crippen LogP contribution is 2.19. The normalized spacial score (nSPS) is 12.7. The van der Waals surface area contributed by atoms with Crippen molar-refractivity contribution >= 4 is 34.2 Å². The molecule has 0 bridgehead atoms. The lowest BCUT2D eigenvalue weighted by atomic mass is 10.0. The van der Waals surface area contributed by atoms with E-state index in [0.29, 0.717) is 12.3 Å². The van der Waals surface area contributed by atoms with E-state index in [1.165, 1.54) is 16.9 Å². The predicted molar refractivity (Wildman–Crippen MR) is 86.9 cm³/mol. The molecule has 0 radical (unpaired) electrons. The Kier molecular flexibility index (Phi) is 3.89. The first-order valence-corrected chi connectivity index (χ1v) is 7.89. The summed E-state index contributed by atoms with van der Waals surface area (Å²) in [5.41, 5.74) is 2.01. The van der Waals surface area contributed by atoms with Gasteiger partial charge in [-0.3, -0.25) is 9.36 Å². The molecule has 0 spiro atoms. The van der Waals surface area contributed by atoms with E-state index in [1.807, 2.05) is 29.6 Å². The van der Waals surface area contributed by atoms with Crippen LogP contribution in [0.5, 0.6) is 0 Å². The first-order valence-electron chi connectivity index (χ1n) is 6.38. The Hall–Kier alpha value is -1.59. The minimum Gasteiger partial charge on any atom is -0.297 e. The van der Waals surface area contributed by atoms with E-state index >= 15 is 0 Å². The smallest absolute Gasteiger partial charge is 0.271 e. The molecule has 2 heterocycles. The third-order valence-electron chi connectivity index (χ3n) is 3.34. The zero-order chi connectivity index (χ0) is 13.9. The molecule has 3 aromatic rings. The van der Waals surface area contributed by atoms with Gasteiger partial charge in [0, 0.05) is 12.5 Å². The topological polar surface area (TPSA) is 34.9 Å². The fourth-order valence-corrected chi connectivity index (χ4v) is 3.36. The molecule has 0 fully saturated rings. The molecule has 20 heavy (non-hydrogen) atoms. The lowest BCUT2D eigenvalue weighted by molar-refractivity contribution is 0.584. The van der Waals surface area contributed by atoms with Gasteiger partial charge >= 0.3 is 0 Å². The van der Waals surface area contributed by atoms with Crippen molar-refractivity contribution < 1.29 is 0 Å². The molecule has 102 valence electrons. The summed E-state index contributed by atoms with van der Waals surface area (Å²) in [5, 5.41) is 1.90. The summed E-state index contributed by atoms with van der Waals surface area (Å²) in [7, 11) is 0. The first-order chi connectivity index (χ1) is 9.79.